The molecule has 1 aromatic heterocycles. The molecule has 76 valence electrons. The Bertz CT molecular complexity index is 554. The Balaban J connectivity index is 2.94. The SMILES string of the molecule is C=Cc1oc2c(N)cc(Br)cc2c1C=C. The molecule has 0 aliphatic heterocycles. The topological polar surface area (TPSA) is 39.2 Å². The molecule has 0 aliphatic carbocycles. The van der Waals surface area contributed by atoms with E-state index in [0.29, 0.717) is 17.0 Å². The quantitative estimate of drug-likeness (QED) is 0.830. The highest BCUT2D eigenvalue weighted by Gasteiger charge is 2.12. The summed E-state index contributed by atoms with van der Waals surface area (Å²) in [6, 6.07) is 3.77. The van der Waals surface area contributed by atoms with E-state index in [1.54, 1.807) is 12.2 Å². The van der Waals surface area contributed by atoms with Crippen LogP contribution in [-0.4, -0.2) is 0 Å². The zero-order chi connectivity index (χ0) is 11.0. The lowest BCUT2D eigenvalue weighted by atomic mass is 10.1. The number of fused-ring (bicyclic) bond motifs is 1. The third-order valence-electron chi connectivity index (χ3n) is 2.24. The van der Waals surface area contributed by atoms with Crippen LogP contribution in [0.3, 0.4) is 0 Å². The molecule has 3 heteroatoms. The van der Waals surface area contributed by atoms with Gasteiger partial charge >= 0.3 is 0 Å². The minimum Gasteiger partial charge on any atom is -0.454 e. The molecule has 0 atom stereocenters. The van der Waals surface area contributed by atoms with E-state index in [9.17, 15) is 0 Å². The van der Waals surface area contributed by atoms with Gasteiger partial charge in [0.15, 0.2) is 5.58 Å². The first-order chi connectivity index (χ1) is 7.17. The van der Waals surface area contributed by atoms with E-state index in [1.807, 2.05) is 12.1 Å². The first kappa shape index (κ1) is 10.1. The largest absolute Gasteiger partial charge is 0.454 e. The highest BCUT2D eigenvalue weighted by molar-refractivity contribution is 9.10. The fourth-order valence-electron chi connectivity index (χ4n) is 1.59. The van der Waals surface area contributed by atoms with Crippen LogP contribution in [0.4, 0.5) is 5.69 Å². The van der Waals surface area contributed by atoms with Crippen molar-refractivity contribution in [1.82, 2.24) is 0 Å². The molecule has 2 rings (SSSR count). The summed E-state index contributed by atoms with van der Waals surface area (Å²) in [6.07, 6.45) is 3.40. The number of nitrogens with two attached hydrogens (primary N) is 1. The van der Waals surface area contributed by atoms with Crippen molar-refractivity contribution < 1.29 is 4.42 Å². The second-order valence-electron chi connectivity index (χ2n) is 3.16. The van der Waals surface area contributed by atoms with Crippen LogP contribution in [0.25, 0.3) is 23.1 Å². The van der Waals surface area contributed by atoms with E-state index in [4.69, 9.17) is 10.2 Å². The summed E-state index contributed by atoms with van der Waals surface area (Å²) < 4.78 is 6.51. The second-order valence-corrected chi connectivity index (χ2v) is 4.08. The zero-order valence-corrected chi connectivity index (χ0v) is 9.67. The molecule has 0 spiro atoms. The van der Waals surface area contributed by atoms with Crippen LogP contribution in [0.15, 0.2) is 34.2 Å². The average Bonchev–Trinajstić information content (AvgIpc) is 2.55. The van der Waals surface area contributed by atoms with Gasteiger partial charge in [-0.3, -0.25) is 0 Å². The molecule has 0 amide bonds. The summed E-state index contributed by atoms with van der Waals surface area (Å²) in [7, 11) is 0. The number of furan rings is 1. The summed E-state index contributed by atoms with van der Waals surface area (Å²) in [5.74, 6) is 0.699. The minimum absolute atomic E-state index is 0.607. The van der Waals surface area contributed by atoms with Crippen molar-refractivity contribution in [3.63, 3.8) is 0 Å². The van der Waals surface area contributed by atoms with E-state index < -0.39 is 0 Å². The highest BCUT2D eigenvalue weighted by atomic mass is 79.9. The molecule has 0 bridgehead atoms. The molecule has 0 saturated carbocycles. The summed E-state index contributed by atoms with van der Waals surface area (Å²) in [5, 5.41) is 0.951. The van der Waals surface area contributed by atoms with Crippen molar-refractivity contribution >= 4 is 44.7 Å². The molecule has 2 nitrogen and oxygen atoms in total. The summed E-state index contributed by atoms with van der Waals surface area (Å²) >= 11 is 3.40. The van der Waals surface area contributed by atoms with Crippen molar-refractivity contribution in [2.75, 3.05) is 5.73 Å². The number of benzene rings is 1. The lowest BCUT2D eigenvalue weighted by Gasteiger charge is -1.96. The highest BCUT2D eigenvalue weighted by Crippen LogP contribution is 2.34. The Morgan fingerprint density at radius 3 is 2.60 bits per heavy atom. The van der Waals surface area contributed by atoms with E-state index in [1.165, 1.54) is 0 Å². The molecule has 15 heavy (non-hydrogen) atoms. The van der Waals surface area contributed by atoms with Crippen molar-refractivity contribution in [2.24, 2.45) is 0 Å². The van der Waals surface area contributed by atoms with Gasteiger partial charge in [0.2, 0.25) is 0 Å². The number of halogens is 1. The summed E-state index contributed by atoms with van der Waals surface area (Å²) in [5.41, 5.74) is 8.07. The normalized spacial score (nSPS) is 10.5. The van der Waals surface area contributed by atoms with Crippen LogP contribution >= 0.6 is 15.9 Å². The Kier molecular flexibility index (Phi) is 2.40. The van der Waals surface area contributed by atoms with E-state index in [2.05, 4.69) is 29.1 Å². The van der Waals surface area contributed by atoms with Gasteiger partial charge in [-0.25, -0.2) is 0 Å². The van der Waals surface area contributed by atoms with Crippen molar-refractivity contribution in [3.8, 4) is 0 Å². The number of anilines is 1. The molecule has 0 radical (unpaired) electrons. The molecular weight excluding hydrogens is 254 g/mol. The number of hydrogen-bond acceptors (Lipinski definition) is 2. The number of rotatable bonds is 2. The predicted octanol–water partition coefficient (Wildman–Crippen LogP) is 4.06. The lowest BCUT2D eigenvalue weighted by Crippen LogP contribution is -1.84. The molecule has 1 aromatic carbocycles. The van der Waals surface area contributed by atoms with Crippen LogP contribution in [0.5, 0.6) is 0 Å². The number of nitrogen functional groups attached to an aromatic ring is 1. The first-order valence-electron chi connectivity index (χ1n) is 4.43. The van der Waals surface area contributed by atoms with Crippen molar-refractivity contribution in [3.05, 3.63) is 41.1 Å². The molecule has 0 aliphatic rings. The molecule has 1 heterocycles. The Morgan fingerprint density at radius 1 is 1.27 bits per heavy atom. The second kappa shape index (κ2) is 3.59. The predicted molar refractivity (Wildman–Crippen MR) is 68.5 cm³/mol. The smallest absolute Gasteiger partial charge is 0.158 e. The first-order valence-corrected chi connectivity index (χ1v) is 5.23. The van der Waals surface area contributed by atoms with Crippen LogP contribution in [-0.2, 0) is 0 Å². The van der Waals surface area contributed by atoms with Crippen LogP contribution in [0.1, 0.15) is 11.3 Å². The maximum atomic E-state index is 5.86. The van der Waals surface area contributed by atoms with Gasteiger partial charge in [-0.1, -0.05) is 35.2 Å². The lowest BCUT2D eigenvalue weighted by molar-refractivity contribution is 0.605. The van der Waals surface area contributed by atoms with Gasteiger partial charge < -0.3 is 10.2 Å². The Morgan fingerprint density at radius 2 is 2.00 bits per heavy atom. The van der Waals surface area contributed by atoms with E-state index >= 15 is 0 Å². The van der Waals surface area contributed by atoms with Crippen molar-refractivity contribution in [1.29, 1.82) is 0 Å². The van der Waals surface area contributed by atoms with Gasteiger partial charge in [-0.2, -0.15) is 0 Å². The van der Waals surface area contributed by atoms with Gasteiger partial charge in [-0.15, -0.1) is 0 Å². The molecule has 0 unspecified atom stereocenters. The minimum atomic E-state index is 0.607. The van der Waals surface area contributed by atoms with Gasteiger partial charge in [0.05, 0.1) is 5.69 Å². The molecule has 2 N–H and O–H groups in total. The molecule has 2 aromatic rings. The van der Waals surface area contributed by atoms with Crippen molar-refractivity contribution in [2.45, 2.75) is 0 Å². The fraction of sp³-hybridized carbons (Fsp3) is 0. The zero-order valence-electron chi connectivity index (χ0n) is 8.09. The molecule has 0 fully saturated rings. The van der Waals surface area contributed by atoms with Gasteiger partial charge in [0.25, 0.3) is 0 Å². The molecule has 0 saturated heterocycles. The third-order valence-corrected chi connectivity index (χ3v) is 2.70. The van der Waals surface area contributed by atoms with Gasteiger partial charge in [0.1, 0.15) is 5.76 Å². The maximum Gasteiger partial charge on any atom is 0.158 e. The standard InChI is InChI=1S/C12H10BrNO/c1-3-8-9-5-7(13)6-10(14)12(9)15-11(8)4-2/h3-6H,1-2,14H2. The molecular formula is C12H10BrNO. The van der Waals surface area contributed by atoms with Crippen LogP contribution < -0.4 is 5.73 Å². The van der Waals surface area contributed by atoms with Gasteiger partial charge in [0, 0.05) is 15.4 Å². The van der Waals surface area contributed by atoms with Gasteiger partial charge in [-0.05, 0) is 18.2 Å². The summed E-state index contributed by atoms with van der Waals surface area (Å²) in [4.78, 5) is 0. The van der Waals surface area contributed by atoms with E-state index in [-0.39, 0.29) is 0 Å². The van der Waals surface area contributed by atoms with E-state index in [0.717, 1.165) is 15.4 Å². The average molecular weight is 264 g/mol. The fourth-order valence-corrected chi connectivity index (χ4v) is 2.06. The van der Waals surface area contributed by atoms with Crippen LogP contribution in [0, 0.1) is 0 Å². The Labute approximate surface area is 96.2 Å². The number of hydrogen-bond donors (Lipinski definition) is 1. The summed E-state index contributed by atoms with van der Waals surface area (Å²) in [6.45, 7) is 7.45. The monoisotopic (exact) mass is 263 g/mol. The Hall–Kier alpha value is -1.48. The third kappa shape index (κ3) is 1.49. The maximum absolute atomic E-state index is 5.86. The van der Waals surface area contributed by atoms with Crippen LogP contribution in [0.2, 0.25) is 0 Å².